The van der Waals surface area contributed by atoms with Crippen LogP contribution in [0.5, 0.6) is 0 Å². The highest BCUT2D eigenvalue weighted by atomic mass is 19.1. The Morgan fingerprint density at radius 2 is 1.67 bits per heavy atom. The van der Waals surface area contributed by atoms with Gasteiger partial charge < -0.3 is 14.2 Å². The first-order valence-corrected chi connectivity index (χ1v) is 12.3. The third kappa shape index (κ3) is 6.44. The molecular weight excluding hydrogens is 467 g/mol. The van der Waals surface area contributed by atoms with Gasteiger partial charge in [0.05, 0.1) is 13.2 Å². The molecule has 0 unspecified atom stereocenters. The molecule has 0 N–H and O–H groups in total. The molecule has 36 heavy (non-hydrogen) atoms. The molecule has 4 rings (SSSR count). The Balaban J connectivity index is 1.33. The second kappa shape index (κ2) is 12.4. The highest BCUT2D eigenvalue weighted by Crippen LogP contribution is 2.26. The van der Waals surface area contributed by atoms with E-state index in [-0.39, 0.29) is 24.9 Å². The maximum atomic E-state index is 15.2. The number of ether oxygens (including phenoxy) is 3. The van der Waals surface area contributed by atoms with Crippen molar-refractivity contribution in [1.29, 1.82) is 5.26 Å². The van der Waals surface area contributed by atoms with Crippen LogP contribution in [-0.4, -0.2) is 33.2 Å². The monoisotopic (exact) mass is 497 g/mol. The van der Waals surface area contributed by atoms with Crippen LogP contribution < -0.4 is 0 Å². The summed E-state index contributed by atoms with van der Waals surface area (Å²) in [6.45, 7) is 2.14. The zero-order valence-electron chi connectivity index (χ0n) is 20.4. The largest absolute Gasteiger partial charge is 0.385 e. The Hall–Kier alpha value is -2.92. The zero-order chi connectivity index (χ0) is 25.5. The van der Waals surface area contributed by atoms with Crippen LogP contribution in [0, 0.1) is 34.7 Å². The average Bonchev–Trinajstić information content (AvgIpc) is 2.88. The maximum Gasteiger partial charge on any atom is 0.157 e. The molecule has 0 bridgehead atoms. The van der Waals surface area contributed by atoms with Crippen molar-refractivity contribution in [2.45, 2.75) is 44.8 Å². The van der Waals surface area contributed by atoms with Gasteiger partial charge in [-0.2, -0.15) is 5.26 Å². The van der Waals surface area contributed by atoms with Crippen molar-refractivity contribution in [2.75, 3.05) is 26.9 Å². The molecule has 0 aliphatic carbocycles. The molecule has 1 fully saturated rings. The van der Waals surface area contributed by atoms with E-state index < -0.39 is 17.2 Å². The number of nitrogens with zero attached hydrogens (tertiary/aromatic N) is 1. The summed E-state index contributed by atoms with van der Waals surface area (Å²) in [6, 6.07) is 13.0. The molecule has 0 amide bonds. The number of methoxy groups -OCH3 is 1. The van der Waals surface area contributed by atoms with Crippen molar-refractivity contribution in [3.8, 4) is 6.07 Å². The molecule has 7 heteroatoms. The SMILES string of the molecule is COCCCC1COC(CCc2ccc3c(F)c(CCc4cc(F)c(C#N)c(F)c4)ccc3c2)OC1. The van der Waals surface area contributed by atoms with Crippen molar-refractivity contribution in [3.05, 3.63) is 82.2 Å². The lowest BCUT2D eigenvalue weighted by atomic mass is 9.97. The van der Waals surface area contributed by atoms with Crippen molar-refractivity contribution < 1.29 is 27.4 Å². The average molecular weight is 498 g/mol. The Morgan fingerprint density at radius 1 is 0.917 bits per heavy atom. The molecule has 0 aromatic heterocycles. The minimum atomic E-state index is -0.898. The van der Waals surface area contributed by atoms with Crippen LogP contribution in [0.4, 0.5) is 13.2 Å². The number of aryl methyl sites for hydroxylation is 3. The maximum absolute atomic E-state index is 15.2. The lowest BCUT2D eigenvalue weighted by Crippen LogP contribution is -2.32. The molecule has 0 radical (unpaired) electrons. The summed E-state index contributed by atoms with van der Waals surface area (Å²) in [6.07, 6.45) is 3.84. The smallest absolute Gasteiger partial charge is 0.157 e. The van der Waals surface area contributed by atoms with Crippen molar-refractivity contribution >= 4 is 10.8 Å². The topological polar surface area (TPSA) is 51.5 Å². The van der Waals surface area contributed by atoms with Gasteiger partial charge in [-0.15, -0.1) is 0 Å². The van der Waals surface area contributed by atoms with Crippen LogP contribution in [0.1, 0.15) is 41.5 Å². The molecule has 0 spiro atoms. The van der Waals surface area contributed by atoms with Gasteiger partial charge in [-0.3, -0.25) is 0 Å². The highest BCUT2D eigenvalue weighted by Gasteiger charge is 2.22. The molecule has 4 nitrogen and oxygen atoms in total. The van der Waals surface area contributed by atoms with E-state index in [4.69, 9.17) is 19.5 Å². The Bertz CT molecular complexity index is 1210. The van der Waals surface area contributed by atoms with Crippen LogP contribution in [0.2, 0.25) is 0 Å². The third-order valence-corrected chi connectivity index (χ3v) is 6.66. The second-order valence-electron chi connectivity index (χ2n) is 9.28. The van der Waals surface area contributed by atoms with Gasteiger partial charge in [0.15, 0.2) is 6.29 Å². The zero-order valence-corrected chi connectivity index (χ0v) is 20.4. The fraction of sp³-hybridized carbons (Fsp3) is 0.414. The van der Waals surface area contributed by atoms with E-state index in [0.717, 1.165) is 55.4 Å². The molecule has 1 saturated heterocycles. The van der Waals surface area contributed by atoms with Crippen molar-refractivity contribution in [1.82, 2.24) is 0 Å². The number of fused-ring (bicyclic) bond motifs is 1. The van der Waals surface area contributed by atoms with Gasteiger partial charge in [-0.25, -0.2) is 13.2 Å². The molecular formula is C29H30F3NO3. The minimum Gasteiger partial charge on any atom is -0.385 e. The fourth-order valence-corrected chi connectivity index (χ4v) is 4.61. The summed E-state index contributed by atoms with van der Waals surface area (Å²) >= 11 is 0. The lowest BCUT2D eigenvalue weighted by Gasteiger charge is -2.29. The van der Waals surface area contributed by atoms with E-state index in [9.17, 15) is 8.78 Å². The van der Waals surface area contributed by atoms with Crippen LogP contribution in [0.15, 0.2) is 42.5 Å². The quantitative estimate of drug-likeness (QED) is 0.310. The predicted molar refractivity (Wildman–Crippen MR) is 131 cm³/mol. The summed E-state index contributed by atoms with van der Waals surface area (Å²) in [5.74, 6) is -1.72. The Labute approximate surface area is 209 Å². The van der Waals surface area contributed by atoms with E-state index in [0.29, 0.717) is 35.6 Å². The van der Waals surface area contributed by atoms with Crippen LogP contribution in [0.25, 0.3) is 10.8 Å². The number of benzene rings is 3. The van der Waals surface area contributed by atoms with E-state index in [1.807, 2.05) is 18.2 Å². The van der Waals surface area contributed by atoms with Gasteiger partial charge >= 0.3 is 0 Å². The molecule has 0 saturated carbocycles. The first-order valence-electron chi connectivity index (χ1n) is 12.3. The number of hydrogen-bond donors (Lipinski definition) is 0. The number of halogens is 3. The molecule has 3 aromatic rings. The molecule has 190 valence electrons. The van der Waals surface area contributed by atoms with Crippen LogP contribution in [0.3, 0.4) is 0 Å². The molecule has 3 aromatic carbocycles. The standard InChI is InChI=1S/C29H30F3NO3/c1-34-12-2-3-21-17-35-28(36-18-21)11-6-19-5-10-24-23(13-19)9-8-22(29(24)32)7-4-20-14-26(30)25(16-33)27(31)15-20/h5,8-10,13-15,21,28H,2-4,6-7,11-12,17-18H2,1H3. The van der Waals surface area contributed by atoms with Gasteiger partial charge in [0, 0.05) is 31.4 Å². The van der Waals surface area contributed by atoms with E-state index >= 15 is 4.39 Å². The Morgan fingerprint density at radius 3 is 2.36 bits per heavy atom. The van der Waals surface area contributed by atoms with Crippen LogP contribution >= 0.6 is 0 Å². The van der Waals surface area contributed by atoms with Gasteiger partial charge in [-0.05, 0) is 66.3 Å². The van der Waals surface area contributed by atoms with E-state index in [2.05, 4.69) is 0 Å². The van der Waals surface area contributed by atoms with Crippen molar-refractivity contribution in [3.63, 3.8) is 0 Å². The lowest BCUT2D eigenvalue weighted by molar-refractivity contribution is -0.203. The minimum absolute atomic E-state index is 0.226. The van der Waals surface area contributed by atoms with E-state index in [1.165, 1.54) is 6.07 Å². The Kier molecular flexibility index (Phi) is 8.98. The van der Waals surface area contributed by atoms with Crippen molar-refractivity contribution in [2.24, 2.45) is 5.92 Å². The number of nitriles is 1. The normalized spacial score (nSPS) is 17.9. The summed E-state index contributed by atoms with van der Waals surface area (Å²) < 4.78 is 59.7. The van der Waals surface area contributed by atoms with Crippen LogP contribution in [-0.2, 0) is 33.5 Å². The van der Waals surface area contributed by atoms with Gasteiger partial charge in [0.1, 0.15) is 29.1 Å². The third-order valence-electron chi connectivity index (χ3n) is 6.66. The van der Waals surface area contributed by atoms with Gasteiger partial charge in [0.2, 0.25) is 0 Å². The first-order chi connectivity index (χ1) is 17.5. The second-order valence-corrected chi connectivity index (χ2v) is 9.28. The molecule has 0 atom stereocenters. The molecule has 1 heterocycles. The summed E-state index contributed by atoms with van der Waals surface area (Å²) in [4.78, 5) is 0. The first kappa shape index (κ1) is 26.2. The number of hydrogen-bond acceptors (Lipinski definition) is 4. The van der Waals surface area contributed by atoms with Gasteiger partial charge in [0.25, 0.3) is 0 Å². The van der Waals surface area contributed by atoms with Gasteiger partial charge in [-0.1, -0.05) is 30.3 Å². The number of rotatable bonds is 10. The summed E-state index contributed by atoms with van der Waals surface area (Å²) in [7, 11) is 1.70. The summed E-state index contributed by atoms with van der Waals surface area (Å²) in [5, 5.41) is 10.1. The summed E-state index contributed by atoms with van der Waals surface area (Å²) in [5.41, 5.74) is 1.33. The predicted octanol–water partition coefficient (Wildman–Crippen LogP) is 6.26. The molecule has 1 aliphatic heterocycles. The van der Waals surface area contributed by atoms with E-state index in [1.54, 1.807) is 19.2 Å². The highest BCUT2D eigenvalue weighted by molar-refractivity contribution is 5.84. The molecule has 1 aliphatic rings. The fourth-order valence-electron chi connectivity index (χ4n) is 4.61.